The van der Waals surface area contributed by atoms with E-state index in [1.54, 1.807) is 21.1 Å². The number of carbonyl (C=O) groups excluding carboxylic acids is 2. The van der Waals surface area contributed by atoms with E-state index in [0.29, 0.717) is 29.6 Å². The highest BCUT2D eigenvalue weighted by Crippen LogP contribution is 2.77. The number of hydrogen-bond donors (Lipinski definition) is 0. The molecule has 5 nitrogen and oxygen atoms in total. The number of esters is 1. The van der Waals surface area contributed by atoms with E-state index < -0.39 is 0 Å². The number of allylic oxidation sites excluding steroid dienone is 1. The largest absolute Gasteiger partial charge is 0.462 e. The van der Waals surface area contributed by atoms with Crippen molar-refractivity contribution in [3.8, 4) is 0 Å². The summed E-state index contributed by atoms with van der Waals surface area (Å²) in [6.07, 6.45) is 11.1. The highest BCUT2D eigenvalue weighted by molar-refractivity contribution is 5.83. The Morgan fingerprint density at radius 2 is 1.51 bits per heavy atom. The van der Waals surface area contributed by atoms with Gasteiger partial charge >= 0.3 is 5.97 Å². The molecule has 1 amide bonds. The Morgan fingerprint density at radius 3 is 2.13 bits per heavy atom. The molecule has 0 spiro atoms. The molecule has 0 aromatic rings. The molecule has 0 aliphatic heterocycles. The Balaban J connectivity index is 1.52. The summed E-state index contributed by atoms with van der Waals surface area (Å²) in [4.78, 5) is 31.4. The van der Waals surface area contributed by atoms with E-state index in [-0.39, 0.29) is 45.1 Å². The van der Waals surface area contributed by atoms with Crippen LogP contribution in [0.15, 0.2) is 12.2 Å². The van der Waals surface area contributed by atoms with E-state index in [1.165, 1.54) is 36.3 Å². The van der Waals surface area contributed by atoms with Crippen molar-refractivity contribution in [2.24, 2.45) is 56.7 Å². The van der Waals surface area contributed by atoms with Crippen LogP contribution in [-0.2, 0) is 19.2 Å². The van der Waals surface area contributed by atoms with Gasteiger partial charge in [0.25, 0.3) is 5.91 Å². The maximum absolute atomic E-state index is 14.0. The van der Waals surface area contributed by atoms with Crippen molar-refractivity contribution in [1.29, 1.82) is 0 Å². The number of hydrogen-bond acceptors (Lipinski definition) is 4. The summed E-state index contributed by atoms with van der Waals surface area (Å²) >= 11 is 0. The second-order valence-corrected chi connectivity index (χ2v) is 15.8. The molecule has 0 aromatic heterocycles. The molecular weight excluding hydrogens is 486 g/mol. The van der Waals surface area contributed by atoms with Gasteiger partial charge in [-0.05, 0) is 117 Å². The zero-order valence-corrected chi connectivity index (χ0v) is 26.3. The van der Waals surface area contributed by atoms with Gasteiger partial charge in [-0.15, -0.1) is 0 Å². The van der Waals surface area contributed by atoms with Crippen molar-refractivity contribution in [3.05, 3.63) is 12.2 Å². The number of ether oxygens (including phenoxy) is 1. The Hall–Kier alpha value is -1.36. The maximum atomic E-state index is 14.0. The van der Waals surface area contributed by atoms with Crippen molar-refractivity contribution in [2.45, 2.75) is 119 Å². The lowest BCUT2D eigenvalue weighted by Crippen LogP contribution is -2.67. The van der Waals surface area contributed by atoms with Crippen LogP contribution in [0.25, 0.3) is 0 Å². The maximum Gasteiger partial charge on any atom is 0.302 e. The molecule has 0 radical (unpaired) electrons. The van der Waals surface area contributed by atoms with E-state index in [4.69, 9.17) is 9.57 Å². The van der Waals surface area contributed by atoms with Crippen LogP contribution in [-0.4, -0.2) is 37.2 Å². The molecule has 0 bridgehead atoms. The molecule has 5 aliphatic carbocycles. The van der Waals surface area contributed by atoms with Crippen molar-refractivity contribution in [3.63, 3.8) is 0 Å². The fraction of sp³-hybridized carbons (Fsp3) is 0.882. The minimum atomic E-state index is -0.326. The predicted octanol–water partition coefficient (Wildman–Crippen LogP) is 7.60. The van der Waals surface area contributed by atoms with Crippen molar-refractivity contribution in [1.82, 2.24) is 5.06 Å². The molecule has 5 rings (SSSR count). The van der Waals surface area contributed by atoms with E-state index >= 15 is 0 Å². The average molecular weight is 542 g/mol. The Kier molecular flexibility index (Phi) is 6.97. The Labute approximate surface area is 237 Å². The molecule has 0 heterocycles. The van der Waals surface area contributed by atoms with Gasteiger partial charge in [0.2, 0.25) is 0 Å². The summed E-state index contributed by atoms with van der Waals surface area (Å²) in [5.41, 5.74) is 1.58. The highest BCUT2D eigenvalue weighted by Gasteiger charge is 2.72. The first-order valence-corrected chi connectivity index (χ1v) is 15.7. The first kappa shape index (κ1) is 29.1. The standard InChI is InChI=1S/C34H55NO4/c1-21(2)23-13-18-34(29(37)35(9)38-10)20-19-32(7)24(28(23)34)11-12-26-31(6)16-15-27(39-22(3)36)30(4,5)25(31)14-17-33(26,32)8/h23-28H,1,11-20H2,2-10H3/t23-,24+,25-,26+,27-,28+,31-,32+,33+,34-/m0/s1. The summed E-state index contributed by atoms with van der Waals surface area (Å²) in [5.74, 6) is 2.53. The van der Waals surface area contributed by atoms with E-state index in [9.17, 15) is 9.59 Å². The van der Waals surface area contributed by atoms with Gasteiger partial charge in [0.05, 0.1) is 12.5 Å². The lowest BCUT2D eigenvalue weighted by atomic mass is 9.32. The van der Waals surface area contributed by atoms with Crippen molar-refractivity contribution >= 4 is 11.9 Å². The molecule has 5 heteroatoms. The summed E-state index contributed by atoms with van der Waals surface area (Å²) in [7, 11) is 3.41. The molecule has 39 heavy (non-hydrogen) atoms. The van der Waals surface area contributed by atoms with Crippen LogP contribution in [0.2, 0.25) is 0 Å². The van der Waals surface area contributed by atoms with Crippen LogP contribution < -0.4 is 0 Å². The zero-order valence-electron chi connectivity index (χ0n) is 26.3. The number of amides is 1. The monoisotopic (exact) mass is 541 g/mol. The van der Waals surface area contributed by atoms with Crippen LogP contribution in [0.4, 0.5) is 0 Å². The van der Waals surface area contributed by atoms with Gasteiger partial charge < -0.3 is 4.74 Å². The van der Waals surface area contributed by atoms with Crippen LogP contribution in [0.5, 0.6) is 0 Å². The number of carbonyl (C=O) groups is 2. The second kappa shape index (κ2) is 9.33. The third-order valence-electron chi connectivity index (χ3n) is 14.3. The molecule has 10 atom stereocenters. The SMILES string of the molecule is C=C(C)[C@@H]1CC[C@]2(C(=O)N(C)OC)CC[C@]3(C)[C@H](CC[C@@H]4[C@@]5(C)CC[C@H](OC(C)=O)C(C)(C)[C@@H]5CC[C@]43C)[C@@H]12. The molecular formula is C34H55NO4. The zero-order chi connectivity index (χ0) is 28.8. The molecule has 220 valence electrons. The first-order chi connectivity index (χ1) is 18.1. The fourth-order valence-electron chi connectivity index (χ4n) is 12.3. The third-order valence-corrected chi connectivity index (χ3v) is 14.3. The number of rotatable bonds is 4. The van der Waals surface area contributed by atoms with Crippen molar-refractivity contribution in [2.75, 3.05) is 14.2 Å². The summed E-state index contributed by atoms with van der Waals surface area (Å²) in [6.45, 7) is 20.8. The highest BCUT2D eigenvalue weighted by atomic mass is 16.7. The van der Waals surface area contributed by atoms with Gasteiger partial charge in [-0.2, -0.15) is 0 Å². The molecule has 0 unspecified atom stereocenters. The molecule has 5 saturated carbocycles. The van der Waals surface area contributed by atoms with Crippen LogP contribution in [0, 0.1) is 56.7 Å². The number of hydroxylamine groups is 2. The third kappa shape index (κ3) is 3.79. The molecule has 5 aliphatic rings. The van der Waals surface area contributed by atoms with E-state index in [0.717, 1.165) is 38.5 Å². The molecule has 0 N–H and O–H groups in total. The van der Waals surface area contributed by atoms with Gasteiger partial charge in [-0.25, -0.2) is 5.06 Å². The van der Waals surface area contributed by atoms with E-state index in [1.807, 2.05) is 0 Å². The van der Waals surface area contributed by atoms with Crippen LogP contribution in [0.3, 0.4) is 0 Å². The minimum Gasteiger partial charge on any atom is -0.462 e. The Morgan fingerprint density at radius 1 is 0.821 bits per heavy atom. The lowest BCUT2D eigenvalue weighted by molar-refractivity contribution is -0.252. The fourth-order valence-corrected chi connectivity index (χ4v) is 12.3. The predicted molar refractivity (Wildman–Crippen MR) is 154 cm³/mol. The van der Waals surface area contributed by atoms with E-state index in [2.05, 4.69) is 48.1 Å². The van der Waals surface area contributed by atoms with Gasteiger partial charge in [-0.3, -0.25) is 14.4 Å². The van der Waals surface area contributed by atoms with Gasteiger partial charge in [0.1, 0.15) is 6.10 Å². The quantitative estimate of drug-likeness (QED) is 0.209. The summed E-state index contributed by atoms with van der Waals surface area (Å²) < 4.78 is 5.92. The lowest BCUT2D eigenvalue weighted by Gasteiger charge is -2.72. The summed E-state index contributed by atoms with van der Waals surface area (Å²) in [6, 6.07) is 0. The minimum absolute atomic E-state index is 0.0123. The Bertz CT molecular complexity index is 1040. The molecule has 5 fully saturated rings. The average Bonchev–Trinajstić information content (AvgIpc) is 3.26. The number of fused-ring (bicyclic) bond motifs is 7. The van der Waals surface area contributed by atoms with Crippen LogP contribution in [0.1, 0.15) is 113 Å². The van der Waals surface area contributed by atoms with Gasteiger partial charge in [0.15, 0.2) is 0 Å². The van der Waals surface area contributed by atoms with Gasteiger partial charge in [-0.1, -0.05) is 46.8 Å². The van der Waals surface area contributed by atoms with Crippen LogP contribution >= 0.6 is 0 Å². The topological polar surface area (TPSA) is 55.8 Å². The normalized spacial score (nSPS) is 48.1. The molecule has 0 aromatic carbocycles. The van der Waals surface area contributed by atoms with Gasteiger partial charge in [0, 0.05) is 19.4 Å². The first-order valence-electron chi connectivity index (χ1n) is 15.7. The second-order valence-electron chi connectivity index (χ2n) is 15.8. The molecule has 0 saturated heterocycles. The smallest absolute Gasteiger partial charge is 0.302 e. The van der Waals surface area contributed by atoms with Crippen molar-refractivity contribution < 1.29 is 19.2 Å². The summed E-state index contributed by atoms with van der Waals surface area (Å²) in [5, 5.41) is 1.51. The number of nitrogens with zero attached hydrogens (tertiary/aromatic N) is 1.